The number of carbonyl (C=O) groups excluding carboxylic acids is 1. The molecule has 0 aliphatic heterocycles. The van der Waals surface area contributed by atoms with Gasteiger partial charge in [0.05, 0.1) is 0 Å². The fraction of sp³-hybridized carbons (Fsp3) is 0.235. The molecule has 0 aromatic heterocycles. The SMILES string of the molecule is COc1ccc(I(OC(=O)C(F)(F)F)c2ccccc2)c(CCO)c1. The van der Waals surface area contributed by atoms with E-state index in [1.54, 1.807) is 48.5 Å². The van der Waals surface area contributed by atoms with Crippen LogP contribution in [0.3, 0.4) is 0 Å². The fourth-order valence-electron chi connectivity index (χ4n) is 2.00. The third-order valence-corrected chi connectivity index (χ3v) is 7.93. The summed E-state index contributed by atoms with van der Waals surface area (Å²) in [7, 11) is 1.47. The topological polar surface area (TPSA) is 55.8 Å². The first-order valence-electron chi connectivity index (χ1n) is 7.19. The van der Waals surface area contributed by atoms with Crippen molar-refractivity contribution in [2.75, 3.05) is 13.7 Å². The molecule has 0 aliphatic rings. The molecule has 2 rings (SSSR count). The van der Waals surface area contributed by atoms with Gasteiger partial charge in [0.2, 0.25) is 0 Å². The van der Waals surface area contributed by atoms with Gasteiger partial charge in [-0.15, -0.1) is 0 Å². The van der Waals surface area contributed by atoms with Crippen molar-refractivity contribution in [3.05, 3.63) is 61.2 Å². The van der Waals surface area contributed by atoms with Crippen LogP contribution in [0, 0.1) is 7.14 Å². The second kappa shape index (κ2) is 8.52. The number of aliphatic hydroxyl groups is 1. The van der Waals surface area contributed by atoms with E-state index in [-0.39, 0.29) is 13.0 Å². The van der Waals surface area contributed by atoms with Crippen LogP contribution in [-0.4, -0.2) is 31.0 Å². The Morgan fingerprint density at radius 3 is 2.40 bits per heavy atom. The van der Waals surface area contributed by atoms with Gasteiger partial charge < -0.3 is 0 Å². The van der Waals surface area contributed by atoms with Gasteiger partial charge in [0, 0.05) is 0 Å². The number of hydrogen-bond donors (Lipinski definition) is 1. The minimum absolute atomic E-state index is 0.188. The summed E-state index contributed by atoms with van der Waals surface area (Å²) in [4.78, 5) is 11.4. The Morgan fingerprint density at radius 1 is 1.16 bits per heavy atom. The molecule has 0 bridgehead atoms. The summed E-state index contributed by atoms with van der Waals surface area (Å²) in [6.45, 7) is -0.188. The van der Waals surface area contributed by atoms with Crippen molar-refractivity contribution in [1.82, 2.24) is 0 Å². The van der Waals surface area contributed by atoms with Gasteiger partial charge in [0.1, 0.15) is 0 Å². The van der Waals surface area contributed by atoms with Crippen LogP contribution in [0.4, 0.5) is 13.2 Å². The molecule has 0 aliphatic carbocycles. The number of alkyl halides is 3. The first-order valence-corrected chi connectivity index (χ1v) is 10.2. The molecule has 0 saturated carbocycles. The van der Waals surface area contributed by atoms with Gasteiger partial charge in [0.25, 0.3) is 0 Å². The van der Waals surface area contributed by atoms with Crippen LogP contribution in [0.25, 0.3) is 0 Å². The molecule has 2 aromatic rings. The van der Waals surface area contributed by atoms with Crippen LogP contribution >= 0.6 is 20.2 Å². The summed E-state index contributed by atoms with van der Waals surface area (Å²) < 4.78 is 49.2. The molecule has 0 radical (unpaired) electrons. The average Bonchev–Trinajstić information content (AvgIpc) is 2.60. The molecule has 4 nitrogen and oxygen atoms in total. The Bertz CT molecular complexity index is 720. The van der Waals surface area contributed by atoms with Crippen LogP contribution in [0.1, 0.15) is 5.56 Å². The number of benzene rings is 2. The first-order chi connectivity index (χ1) is 11.9. The van der Waals surface area contributed by atoms with Crippen molar-refractivity contribution < 1.29 is 30.9 Å². The Kier molecular flexibility index (Phi) is 6.65. The number of rotatable bonds is 6. The van der Waals surface area contributed by atoms with E-state index in [0.717, 1.165) is 0 Å². The number of carbonyl (C=O) groups is 1. The number of halogens is 4. The Morgan fingerprint density at radius 2 is 1.84 bits per heavy atom. The molecular formula is C17H16F3IO4. The van der Waals surface area contributed by atoms with Crippen LogP contribution in [0.5, 0.6) is 5.75 Å². The molecule has 0 spiro atoms. The molecule has 0 saturated heterocycles. The number of hydrogen-bond acceptors (Lipinski definition) is 4. The summed E-state index contributed by atoms with van der Waals surface area (Å²) in [6, 6.07) is 13.2. The molecular weight excluding hydrogens is 452 g/mol. The van der Waals surface area contributed by atoms with E-state index < -0.39 is 32.4 Å². The normalized spacial score (nSPS) is 11.8. The van der Waals surface area contributed by atoms with E-state index in [4.69, 9.17) is 7.80 Å². The minimum atomic E-state index is -5.06. The van der Waals surface area contributed by atoms with E-state index in [0.29, 0.717) is 18.5 Å². The third-order valence-electron chi connectivity index (χ3n) is 3.13. The quantitative estimate of drug-likeness (QED) is 0.656. The molecule has 2 aromatic carbocycles. The molecule has 0 fully saturated rings. The van der Waals surface area contributed by atoms with E-state index >= 15 is 0 Å². The van der Waals surface area contributed by atoms with Crippen LogP contribution in [-0.2, 0) is 14.3 Å². The molecule has 136 valence electrons. The van der Waals surface area contributed by atoms with Crippen molar-refractivity contribution in [3.63, 3.8) is 0 Å². The second-order valence-electron chi connectivity index (χ2n) is 4.84. The first kappa shape index (κ1) is 19.5. The van der Waals surface area contributed by atoms with E-state index in [1.165, 1.54) is 7.11 Å². The van der Waals surface area contributed by atoms with E-state index in [9.17, 15) is 23.1 Å². The zero-order valence-corrected chi connectivity index (χ0v) is 15.4. The van der Waals surface area contributed by atoms with E-state index in [1.807, 2.05) is 0 Å². The van der Waals surface area contributed by atoms with Crippen molar-refractivity contribution in [1.29, 1.82) is 0 Å². The summed E-state index contributed by atoms with van der Waals surface area (Å²) in [5.41, 5.74) is 0.603. The maximum absolute atomic E-state index is 12.7. The van der Waals surface area contributed by atoms with Gasteiger partial charge in [0.15, 0.2) is 0 Å². The van der Waals surface area contributed by atoms with Gasteiger partial charge in [-0.2, -0.15) is 0 Å². The van der Waals surface area contributed by atoms with Crippen molar-refractivity contribution in [2.24, 2.45) is 0 Å². The zero-order chi connectivity index (χ0) is 18.4. The van der Waals surface area contributed by atoms with Gasteiger partial charge in [-0.25, -0.2) is 0 Å². The Hall–Kier alpha value is -1.81. The zero-order valence-electron chi connectivity index (χ0n) is 13.2. The van der Waals surface area contributed by atoms with Gasteiger partial charge >= 0.3 is 150 Å². The average molecular weight is 468 g/mol. The van der Waals surface area contributed by atoms with Crippen LogP contribution in [0.15, 0.2) is 48.5 Å². The predicted molar refractivity (Wildman–Crippen MR) is 93.8 cm³/mol. The fourth-order valence-corrected chi connectivity index (χ4v) is 6.45. The standard InChI is InChI=1S/C17H16F3IO4/c1-24-14-7-8-15(12(11-14)9-10-22)21(13-5-3-2-4-6-13)25-16(23)17(18,19)20/h2-8,11,22H,9-10H2,1H3. The predicted octanol–water partition coefficient (Wildman–Crippen LogP) is 3.80. The van der Waals surface area contributed by atoms with Crippen LogP contribution in [0.2, 0.25) is 0 Å². The monoisotopic (exact) mass is 468 g/mol. The van der Waals surface area contributed by atoms with E-state index in [2.05, 4.69) is 0 Å². The van der Waals surface area contributed by atoms with Crippen LogP contribution < -0.4 is 4.74 Å². The summed E-state index contributed by atoms with van der Waals surface area (Å²) in [6.07, 6.45) is -4.84. The van der Waals surface area contributed by atoms with Gasteiger partial charge in [-0.1, -0.05) is 0 Å². The van der Waals surface area contributed by atoms with Gasteiger partial charge in [-0.05, 0) is 0 Å². The molecule has 0 atom stereocenters. The summed E-state index contributed by atoms with van der Waals surface area (Å²) >= 11 is -3.16. The van der Waals surface area contributed by atoms with Gasteiger partial charge in [-0.3, -0.25) is 0 Å². The molecule has 0 heterocycles. The Balaban J connectivity index is 2.50. The molecule has 1 N–H and O–H groups in total. The van der Waals surface area contributed by atoms with Crippen molar-refractivity contribution >= 4 is 26.2 Å². The summed E-state index contributed by atoms with van der Waals surface area (Å²) in [5, 5.41) is 9.26. The molecule has 0 unspecified atom stereocenters. The molecule has 0 amide bonds. The number of aliphatic hydroxyl groups excluding tert-OH is 1. The number of methoxy groups -OCH3 is 1. The van der Waals surface area contributed by atoms with Crippen molar-refractivity contribution in [2.45, 2.75) is 12.6 Å². The maximum atomic E-state index is 12.7. The molecule has 25 heavy (non-hydrogen) atoms. The summed E-state index contributed by atoms with van der Waals surface area (Å²) in [5.74, 6) is -1.69. The third kappa shape index (κ3) is 5.08. The Labute approximate surface area is 150 Å². The van der Waals surface area contributed by atoms with Crippen molar-refractivity contribution in [3.8, 4) is 5.75 Å². The molecule has 8 heteroatoms. The second-order valence-corrected chi connectivity index (χ2v) is 9.11. The number of ether oxygens (including phenoxy) is 1.